The molecule has 0 radical (unpaired) electrons. The number of phosphoric acid groups is 2. The number of hydrogen-bond donors (Lipinski definition) is 3. The van der Waals surface area contributed by atoms with Crippen molar-refractivity contribution >= 4 is 39.5 Å². The molecule has 0 fully saturated rings. The van der Waals surface area contributed by atoms with E-state index >= 15 is 0 Å². The van der Waals surface area contributed by atoms with Crippen LogP contribution in [-0.2, 0) is 65.4 Å². The van der Waals surface area contributed by atoms with E-state index in [1.165, 1.54) is 38.5 Å². The minimum Gasteiger partial charge on any atom is -0.462 e. The molecule has 0 aromatic heterocycles. The maximum absolute atomic E-state index is 13.1. The molecule has 0 saturated heterocycles. The fraction of sp³-hybridized carbons (Fsp3) is 0.722. The van der Waals surface area contributed by atoms with Crippen LogP contribution in [-0.4, -0.2) is 96.7 Å². The predicted molar refractivity (Wildman–Crippen MR) is 399 cm³/mol. The lowest BCUT2D eigenvalue weighted by atomic mass is 10.1. The first-order valence-electron chi connectivity index (χ1n) is 38.1. The molecule has 0 aliphatic carbocycles. The molecule has 98 heavy (non-hydrogen) atoms. The van der Waals surface area contributed by atoms with Crippen LogP contribution in [0.3, 0.4) is 0 Å². The maximum Gasteiger partial charge on any atom is 0.472 e. The van der Waals surface area contributed by atoms with Crippen molar-refractivity contribution < 1.29 is 80.2 Å². The number of unbranched alkanes of at least 4 members (excludes halogenated alkanes) is 27. The Labute approximate surface area is 594 Å². The van der Waals surface area contributed by atoms with Gasteiger partial charge in [0.05, 0.1) is 26.4 Å². The van der Waals surface area contributed by atoms with Gasteiger partial charge in [0, 0.05) is 25.7 Å². The van der Waals surface area contributed by atoms with Crippen LogP contribution in [0.4, 0.5) is 0 Å². The quantitative estimate of drug-likeness (QED) is 0.0169. The average Bonchev–Trinajstić information content (AvgIpc) is 1.05. The lowest BCUT2D eigenvalue weighted by molar-refractivity contribution is -0.161. The number of carbonyl (C=O) groups excluding carboxylic acids is 4. The molecule has 0 bridgehead atoms. The lowest BCUT2D eigenvalue weighted by Gasteiger charge is -2.21. The molecule has 17 nitrogen and oxygen atoms in total. The van der Waals surface area contributed by atoms with Crippen molar-refractivity contribution in [3.63, 3.8) is 0 Å². The zero-order chi connectivity index (χ0) is 71.8. The highest BCUT2D eigenvalue weighted by Crippen LogP contribution is 2.45. The van der Waals surface area contributed by atoms with Gasteiger partial charge in [-0.2, -0.15) is 0 Å². The smallest absolute Gasteiger partial charge is 0.462 e. The second kappa shape index (κ2) is 71.1. The summed E-state index contributed by atoms with van der Waals surface area (Å²) in [5.41, 5.74) is 0. The summed E-state index contributed by atoms with van der Waals surface area (Å²) in [6, 6.07) is 0. The SMILES string of the molecule is CC/C=C\C/C=C\C/C=C\C/C=C\CCCCCCC(=O)OCC(COP(=O)(O)OCC(O)COP(=O)(O)OCC(COC(=O)CCCCCCC/C=C\C/C=C\CCC)OC(=O)CCCCCCC/C=C\C/C=C\CCC)OC(=O)CCCCCCC/C=C\CCCCCCCC. The average molecular weight is 1420 g/mol. The molecule has 3 N–H and O–H groups in total. The number of aliphatic hydroxyl groups is 1. The zero-order valence-corrected chi connectivity index (χ0v) is 63.2. The first-order valence-corrected chi connectivity index (χ1v) is 41.1. The van der Waals surface area contributed by atoms with E-state index in [1.807, 2.05) is 0 Å². The van der Waals surface area contributed by atoms with E-state index in [9.17, 15) is 43.2 Å². The Balaban J connectivity index is 5.38. The van der Waals surface area contributed by atoms with Crippen LogP contribution in [0.15, 0.2) is 109 Å². The van der Waals surface area contributed by atoms with Crippen LogP contribution in [0.25, 0.3) is 0 Å². The van der Waals surface area contributed by atoms with Crippen molar-refractivity contribution in [1.82, 2.24) is 0 Å². The number of rotatable bonds is 71. The van der Waals surface area contributed by atoms with Crippen molar-refractivity contribution in [2.45, 2.75) is 329 Å². The number of hydrogen-bond acceptors (Lipinski definition) is 15. The van der Waals surface area contributed by atoms with Gasteiger partial charge in [0.25, 0.3) is 0 Å². The number of aliphatic hydroxyl groups excluding tert-OH is 1. The van der Waals surface area contributed by atoms with Crippen LogP contribution in [0.5, 0.6) is 0 Å². The van der Waals surface area contributed by atoms with Crippen LogP contribution in [0, 0.1) is 0 Å². The molecule has 564 valence electrons. The fourth-order valence-corrected chi connectivity index (χ4v) is 11.4. The molecule has 5 atom stereocenters. The van der Waals surface area contributed by atoms with Gasteiger partial charge in [0.1, 0.15) is 19.3 Å². The van der Waals surface area contributed by atoms with E-state index in [1.54, 1.807) is 0 Å². The summed E-state index contributed by atoms with van der Waals surface area (Å²) >= 11 is 0. The van der Waals surface area contributed by atoms with Crippen molar-refractivity contribution in [1.29, 1.82) is 0 Å². The lowest BCUT2D eigenvalue weighted by Crippen LogP contribution is -2.30. The Morgan fingerprint density at radius 1 is 0.296 bits per heavy atom. The van der Waals surface area contributed by atoms with Crippen LogP contribution >= 0.6 is 15.6 Å². The third-order valence-electron chi connectivity index (χ3n) is 15.7. The summed E-state index contributed by atoms with van der Waals surface area (Å²) in [6.45, 7) is 4.57. The molecular formula is C79H136O17P2. The van der Waals surface area contributed by atoms with E-state index in [2.05, 4.69) is 137 Å². The largest absolute Gasteiger partial charge is 0.472 e. The second-order valence-electron chi connectivity index (χ2n) is 25.2. The first kappa shape index (κ1) is 93.7. The molecule has 5 unspecified atom stereocenters. The van der Waals surface area contributed by atoms with Gasteiger partial charge in [-0.15, -0.1) is 0 Å². The molecule has 0 spiro atoms. The number of esters is 4. The molecule has 0 saturated carbocycles. The molecule has 19 heteroatoms. The summed E-state index contributed by atoms with van der Waals surface area (Å²) in [5, 5.41) is 10.6. The highest BCUT2D eigenvalue weighted by Gasteiger charge is 2.30. The van der Waals surface area contributed by atoms with E-state index in [4.69, 9.17) is 37.0 Å². The van der Waals surface area contributed by atoms with Gasteiger partial charge in [0.15, 0.2) is 12.2 Å². The summed E-state index contributed by atoms with van der Waals surface area (Å²) in [4.78, 5) is 72.8. The van der Waals surface area contributed by atoms with Gasteiger partial charge in [-0.05, 0) is 141 Å². The zero-order valence-electron chi connectivity index (χ0n) is 61.4. The van der Waals surface area contributed by atoms with Gasteiger partial charge in [-0.3, -0.25) is 37.3 Å². The van der Waals surface area contributed by atoms with E-state index in [-0.39, 0.29) is 25.7 Å². The second-order valence-corrected chi connectivity index (χ2v) is 28.1. The normalized spacial score (nSPS) is 14.6. The number of carbonyl (C=O) groups is 4. The number of allylic oxidation sites excluding steroid dienone is 18. The van der Waals surface area contributed by atoms with Gasteiger partial charge in [-0.25, -0.2) is 9.13 Å². The Hall–Kier alpha value is -4.28. The van der Waals surface area contributed by atoms with Crippen molar-refractivity contribution in [3.8, 4) is 0 Å². The van der Waals surface area contributed by atoms with Crippen molar-refractivity contribution in [2.24, 2.45) is 0 Å². The molecule has 0 aromatic carbocycles. The Bertz CT molecular complexity index is 2290. The first-order chi connectivity index (χ1) is 47.7. The van der Waals surface area contributed by atoms with Crippen LogP contribution < -0.4 is 0 Å². The Morgan fingerprint density at radius 3 is 0.867 bits per heavy atom. The Morgan fingerprint density at radius 2 is 0.551 bits per heavy atom. The molecule has 0 aromatic rings. The van der Waals surface area contributed by atoms with E-state index in [0.29, 0.717) is 25.7 Å². The van der Waals surface area contributed by atoms with Gasteiger partial charge in [0.2, 0.25) is 0 Å². The van der Waals surface area contributed by atoms with Crippen molar-refractivity contribution in [2.75, 3.05) is 39.6 Å². The summed E-state index contributed by atoms with van der Waals surface area (Å²) in [7, 11) is -9.96. The highest BCUT2D eigenvalue weighted by molar-refractivity contribution is 7.47. The van der Waals surface area contributed by atoms with E-state index < -0.39 is 97.5 Å². The fourth-order valence-electron chi connectivity index (χ4n) is 9.87. The van der Waals surface area contributed by atoms with Crippen molar-refractivity contribution in [3.05, 3.63) is 109 Å². The molecule has 0 heterocycles. The Kier molecular flexibility index (Phi) is 68.0. The molecule has 0 amide bonds. The van der Waals surface area contributed by atoms with Crippen LogP contribution in [0.1, 0.15) is 310 Å². The standard InChI is InChI=1S/C79H136O17P2/c1-5-9-13-17-21-25-29-33-35-36-38-41-44-48-52-56-60-64-77(82)90-70-75(96-79(84)66-62-58-54-50-46-42-37-34-30-26-22-18-14-10-6-2)72-94-98(87,88)92-68-73(80)67-91-97(85,86)93-71-74(95-78(83)65-61-57-53-49-45-40-32-28-24-20-16-12-8-4)69-89-76(81)63-59-55-51-47-43-39-31-27-23-19-15-11-7-3/h9,13,15-16,19-21,25,27-28,31-35,37-38,41,73-75,80H,5-8,10-12,14,17-18,22-24,26,29-30,36,39-40,42-72H2,1-4H3,(H,85,86)(H,87,88)/b13-9-,19-15-,20-16-,25-21-,31-27-,32-28-,35-33-,37-34-,41-38-. The molecule has 0 rings (SSSR count). The number of ether oxygens (including phenoxy) is 4. The molecule has 0 aliphatic rings. The molecule has 0 aliphatic heterocycles. The minimum atomic E-state index is -4.98. The summed E-state index contributed by atoms with van der Waals surface area (Å²) in [6.07, 6.45) is 75.1. The monoisotopic (exact) mass is 1420 g/mol. The van der Waals surface area contributed by atoms with E-state index in [0.717, 1.165) is 193 Å². The van der Waals surface area contributed by atoms with Crippen LogP contribution in [0.2, 0.25) is 0 Å². The van der Waals surface area contributed by atoms with Gasteiger partial charge < -0.3 is 33.8 Å². The summed E-state index contributed by atoms with van der Waals surface area (Å²) in [5.74, 6) is -2.24. The predicted octanol–water partition coefficient (Wildman–Crippen LogP) is 21.8. The number of phosphoric ester groups is 2. The summed E-state index contributed by atoms with van der Waals surface area (Å²) < 4.78 is 68.4. The molecular weight excluding hydrogens is 1280 g/mol. The minimum absolute atomic E-state index is 0.0743. The highest BCUT2D eigenvalue weighted by atomic mass is 31.2. The third-order valence-corrected chi connectivity index (χ3v) is 17.6. The van der Waals surface area contributed by atoms with Gasteiger partial charge >= 0.3 is 39.5 Å². The topological polar surface area (TPSA) is 237 Å². The maximum atomic E-state index is 13.1. The van der Waals surface area contributed by atoms with Gasteiger partial charge in [-0.1, -0.05) is 253 Å². The third kappa shape index (κ3) is 70.2.